The van der Waals surface area contributed by atoms with E-state index >= 15 is 0 Å². The van der Waals surface area contributed by atoms with Crippen LogP contribution in [0.15, 0.2) is 199 Å². The number of phenols is 1. The van der Waals surface area contributed by atoms with Gasteiger partial charge in [-0.3, -0.25) is 9.55 Å². The summed E-state index contributed by atoms with van der Waals surface area (Å²) in [6, 6.07) is 65.0. The zero-order valence-corrected chi connectivity index (χ0v) is 33.2. The Balaban J connectivity index is 1.18. The third-order valence-electron chi connectivity index (χ3n) is 12.1. The third-order valence-corrected chi connectivity index (χ3v) is 12.1. The van der Waals surface area contributed by atoms with Crippen LogP contribution in [0.4, 0.5) is 0 Å². The minimum Gasteiger partial charge on any atom is -0.507 e. The Labute approximate surface area is 347 Å². The van der Waals surface area contributed by atoms with Gasteiger partial charge in [-0.25, -0.2) is 4.98 Å². The molecule has 8 aromatic carbocycles. The van der Waals surface area contributed by atoms with Crippen molar-refractivity contribution in [1.29, 1.82) is 0 Å². The van der Waals surface area contributed by atoms with Crippen LogP contribution in [0.5, 0.6) is 5.75 Å². The number of hydrogen-bond acceptors (Lipinski definition) is 4. The topological polar surface area (TPSA) is 64.1 Å². The Bertz CT molecular complexity index is 3420. The van der Waals surface area contributed by atoms with Crippen LogP contribution in [0.3, 0.4) is 0 Å². The standard InChI is InChI=1S/C55H39N3O2/c1-55(2,39-19-7-4-8-20-39)40-31-37(30-38(32-40)46-33-45-51(34-56-46)60-50-29-28-36-18-9-10-22-42(36)52(45)50)43-24-15-26-48-53(43)57-54(44-23-12-14-27-49(44)59)58(48)47-25-13-11-21-41(47)35-16-5-3-6-17-35/h3-34,59H,1-2H3. The van der Waals surface area contributed by atoms with Gasteiger partial charge in [-0.2, -0.15) is 0 Å². The molecule has 0 fully saturated rings. The van der Waals surface area contributed by atoms with Gasteiger partial charge in [0, 0.05) is 32.9 Å². The van der Waals surface area contributed by atoms with E-state index in [-0.39, 0.29) is 11.2 Å². The molecular weight excluding hydrogens is 735 g/mol. The second-order valence-corrected chi connectivity index (χ2v) is 16.0. The molecule has 0 saturated carbocycles. The third kappa shape index (κ3) is 5.77. The molecule has 3 heterocycles. The molecule has 0 amide bonds. The molecule has 11 aromatic rings. The van der Waals surface area contributed by atoms with Crippen molar-refractivity contribution in [3.05, 3.63) is 205 Å². The predicted molar refractivity (Wildman–Crippen MR) is 246 cm³/mol. The number of aromatic nitrogens is 3. The highest BCUT2D eigenvalue weighted by atomic mass is 16.3. The lowest BCUT2D eigenvalue weighted by Gasteiger charge is -2.27. The van der Waals surface area contributed by atoms with Crippen LogP contribution in [-0.2, 0) is 5.41 Å². The number of fused-ring (bicyclic) bond motifs is 6. The van der Waals surface area contributed by atoms with Gasteiger partial charge in [-0.05, 0) is 81.6 Å². The molecule has 0 radical (unpaired) electrons. The molecule has 0 aliphatic carbocycles. The van der Waals surface area contributed by atoms with E-state index in [1.807, 2.05) is 30.5 Å². The summed E-state index contributed by atoms with van der Waals surface area (Å²) in [5.41, 5.74) is 13.0. The Kier molecular flexibility index (Phi) is 8.24. The fraction of sp³-hybridized carbons (Fsp3) is 0.0545. The SMILES string of the molecule is CC(C)(c1ccccc1)c1cc(-c2cc3c(cn2)oc2ccc4ccccc4c23)cc(-c2cccc3c2nc(-c2ccccc2O)n3-c2ccccc2-c2ccccc2)c1. The van der Waals surface area contributed by atoms with E-state index in [1.165, 1.54) is 10.9 Å². The van der Waals surface area contributed by atoms with Crippen LogP contribution in [0.1, 0.15) is 25.0 Å². The Morgan fingerprint density at radius 2 is 1.23 bits per heavy atom. The lowest BCUT2D eigenvalue weighted by atomic mass is 9.76. The number of hydrogen-bond donors (Lipinski definition) is 1. The van der Waals surface area contributed by atoms with Gasteiger partial charge in [0.05, 0.1) is 34.2 Å². The molecule has 60 heavy (non-hydrogen) atoms. The van der Waals surface area contributed by atoms with Crippen molar-refractivity contribution in [2.24, 2.45) is 0 Å². The molecule has 0 saturated heterocycles. The van der Waals surface area contributed by atoms with Gasteiger partial charge < -0.3 is 9.52 Å². The number of aromatic hydroxyl groups is 1. The largest absolute Gasteiger partial charge is 0.507 e. The van der Waals surface area contributed by atoms with Crippen LogP contribution >= 0.6 is 0 Å². The number of para-hydroxylation sites is 3. The molecule has 0 aliphatic rings. The van der Waals surface area contributed by atoms with Crippen LogP contribution in [0.2, 0.25) is 0 Å². The first-order valence-electron chi connectivity index (χ1n) is 20.3. The molecular formula is C55H39N3O2. The number of imidazole rings is 1. The number of benzene rings is 8. The van der Waals surface area contributed by atoms with Gasteiger partial charge in [0.2, 0.25) is 0 Å². The number of phenolic OH excluding ortho intramolecular Hbond substituents is 1. The van der Waals surface area contributed by atoms with Crippen molar-refractivity contribution in [3.8, 4) is 56.3 Å². The highest BCUT2D eigenvalue weighted by Gasteiger charge is 2.27. The zero-order valence-electron chi connectivity index (χ0n) is 33.2. The average molecular weight is 774 g/mol. The molecule has 5 heteroatoms. The number of furan rings is 1. The summed E-state index contributed by atoms with van der Waals surface area (Å²) in [4.78, 5) is 10.5. The maximum absolute atomic E-state index is 11.3. The molecule has 3 aromatic heterocycles. The van der Waals surface area contributed by atoms with Gasteiger partial charge >= 0.3 is 0 Å². The average Bonchev–Trinajstić information content (AvgIpc) is 3.88. The van der Waals surface area contributed by atoms with Crippen molar-refractivity contribution >= 4 is 43.7 Å². The number of rotatable bonds is 7. The summed E-state index contributed by atoms with van der Waals surface area (Å²) >= 11 is 0. The first-order valence-corrected chi connectivity index (χ1v) is 20.3. The Hall–Kier alpha value is -7.76. The Morgan fingerprint density at radius 3 is 2.07 bits per heavy atom. The van der Waals surface area contributed by atoms with Crippen molar-refractivity contribution in [2.45, 2.75) is 19.3 Å². The highest BCUT2D eigenvalue weighted by Crippen LogP contribution is 2.43. The summed E-state index contributed by atoms with van der Waals surface area (Å²) in [7, 11) is 0. The summed E-state index contributed by atoms with van der Waals surface area (Å²) in [6.07, 6.45) is 1.86. The van der Waals surface area contributed by atoms with Crippen molar-refractivity contribution in [1.82, 2.24) is 14.5 Å². The minimum atomic E-state index is -0.350. The second-order valence-electron chi connectivity index (χ2n) is 16.0. The summed E-state index contributed by atoms with van der Waals surface area (Å²) in [5.74, 6) is 0.828. The minimum absolute atomic E-state index is 0.169. The molecule has 0 unspecified atom stereocenters. The monoisotopic (exact) mass is 773 g/mol. The van der Waals surface area contributed by atoms with Crippen molar-refractivity contribution in [2.75, 3.05) is 0 Å². The molecule has 5 nitrogen and oxygen atoms in total. The van der Waals surface area contributed by atoms with Gasteiger partial charge in [0.15, 0.2) is 5.58 Å². The second kappa shape index (κ2) is 14.0. The lowest BCUT2D eigenvalue weighted by molar-refractivity contribution is 0.477. The van der Waals surface area contributed by atoms with Crippen molar-refractivity contribution < 1.29 is 9.52 Å². The molecule has 1 N–H and O–H groups in total. The van der Waals surface area contributed by atoms with Crippen LogP contribution in [-0.4, -0.2) is 19.6 Å². The zero-order chi connectivity index (χ0) is 40.4. The quantitative estimate of drug-likeness (QED) is 0.175. The van der Waals surface area contributed by atoms with E-state index < -0.39 is 0 Å². The summed E-state index contributed by atoms with van der Waals surface area (Å²) in [5, 5.41) is 15.8. The van der Waals surface area contributed by atoms with Crippen LogP contribution in [0, 0.1) is 0 Å². The smallest absolute Gasteiger partial charge is 0.153 e. The Morgan fingerprint density at radius 1 is 0.533 bits per heavy atom. The van der Waals surface area contributed by atoms with Crippen molar-refractivity contribution in [3.63, 3.8) is 0 Å². The van der Waals surface area contributed by atoms with E-state index in [0.29, 0.717) is 11.4 Å². The van der Waals surface area contributed by atoms with Crippen LogP contribution < -0.4 is 0 Å². The van der Waals surface area contributed by atoms with E-state index in [4.69, 9.17) is 14.4 Å². The first kappa shape index (κ1) is 35.4. The van der Waals surface area contributed by atoms with Crippen LogP contribution in [0.25, 0.3) is 94.3 Å². The summed E-state index contributed by atoms with van der Waals surface area (Å²) < 4.78 is 8.56. The normalized spacial score (nSPS) is 11.9. The predicted octanol–water partition coefficient (Wildman–Crippen LogP) is 14.2. The molecule has 0 spiro atoms. The molecule has 0 atom stereocenters. The summed E-state index contributed by atoms with van der Waals surface area (Å²) in [6.45, 7) is 4.56. The van der Waals surface area contributed by atoms with Gasteiger partial charge in [0.1, 0.15) is 17.2 Å². The van der Waals surface area contributed by atoms with Gasteiger partial charge in [-0.1, -0.05) is 153 Å². The first-order chi connectivity index (χ1) is 29.4. The maximum atomic E-state index is 11.3. The lowest BCUT2D eigenvalue weighted by Crippen LogP contribution is -2.19. The fourth-order valence-electron chi connectivity index (χ4n) is 8.87. The molecule has 11 rings (SSSR count). The van der Waals surface area contributed by atoms with E-state index in [2.05, 4.69) is 176 Å². The fourth-order valence-corrected chi connectivity index (χ4v) is 8.87. The van der Waals surface area contributed by atoms with E-state index in [9.17, 15) is 5.11 Å². The maximum Gasteiger partial charge on any atom is 0.153 e. The highest BCUT2D eigenvalue weighted by molar-refractivity contribution is 6.19. The van der Waals surface area contributed by atoms with Gasteiger partial charge in [0.25, 0.3) is 0 Å². The molecule has 0 bridgehead atoms. The van der Waals surface area contributed by atoms with E-state index in [0.717, 1.165) is 83.1 Å². The number of pyridine rings is 1. The van der Waals surface area contributed by atoms with E-state index in [1.54, 1.807) is 6.07 Å². The van der Waals surface area contributed by atoms with Gasteiger partial charge in [-0.15, -0.1) is 0 Å². The molecule has 286 valence electrons. The number of nitrogens with zero attached hydrogens (tertiary/aromatic N) is 3. The molecule has 0 aliphatic heterocycles.